The van der Waals surface area contributed by atoms with Crippen LogP contribution in [0.5, 0.6) is 17.2 Å². The molecule has 0 unspecified atom stereocenters. The van der Waals surface area contributed by atoms with Gasteiger partial charge in [-0.25, -0.2) is 4.99 Å². The van der Waals surface area contributed by atoms with E-state index >= 15 is 0 Å². The molecule has 2 aromatic rings. The number of carbonyl (C=O) groups excluding carboxylic acids is 1. The third-order valence-corrected chi connectivity index (χ3v) is 5.72. The summed E-state index contributed by atoms with van der Waals surface area (Å²) in [6.07, 6.45) is 7.05. The zero-order chi connectivity index (χ0) is 23.1. The molecule has 1 heterocycles. The molecule has 166 valence electrons. The molecule has 2 aromatic carbocycles. The molecule has 0 aliphatic carbocycles. The maximum absolute atomic E-state index is 13.0. The summed E-state index contributed by atoms with van der Waals surface area (Å²) in [6, 6.07) is 10.8. The first-order valence-corrected chi connectivity index (χ1v) is 11.2. The molecule has 0 radical (unpaired) electrons. The van der Waals surface area contributed by atoms with Crippen molar-refractivity contribution < 1.29 is 19.0 Å². The molecular formula is C24H23ClN2O4S. The predicted octanol–water partition coefficient (Wildman–Crippen LogP) is 5.38. The van der Waals surface area contributed by atoms with Gasteiger partial charge in [-0.15, -0.1) is 6.42 Å². The molecule has 1 fully saturated rings. The van der Waals surface area contributed by atoms with Crippen LogP contribution < -0.4 is 14.2 Å². The number of nitrogens with zero attached hydrogens (tertiary/aromatic N) is 2. The van der Waals surface area contributed by atoms with Crippen molar-refractivity contribution in [3.05, 3.63) is 51.9 Å². The van der Waals surface area contributed by atoms with E-state index in [9.17, 15) is 4.79 Å². The number of benzene rings is 2. The molecule has 8 heteroatoms. The number of halogens is 1. The fraction of sp³-hybridized carbons (Fsp3) is 0.250. The molecule has 1 aliphatic heterocycles. The fourth-order valence-electron chi connectivity index (χ4n) is 2.98. The van der Waals surface area contributed by atoms with Crippen molar-refractivity contribution in [1.82, 2.24) is 4.90 Å². The summed E-state index contributed by atoms with van der Waals surface area (Å²) in [5.41, 5.74) is 1.45. The van der Waals surface area contributed by atoms with Crippen LogP contribution in [0.15, 0.2) is 46.3 Å². The number of ether oxygens (including phenoxy) is 3. The van der Waals surface area contributed by atoms with E-state index in [-0.39, 0.29) is 12.5 Å². The van der Waals surface area contributed by atoms with Crippen molar-refractivity contribution in [1.29, 1.82) is 0 Å². The first-order chi connectivity index (χ1) is 15.5. The average Bonchev–Trinajstić information content (AvgIpc) is 3.07. The summed E-state index contributed by atoms with van der Waals surface area (Å²) in [7, 11) is 1.61. The zero-order valence-electron chi connectivity index (χ0n) is 18.1. The Bertz CT molecular complexity index is 1090. The summed E-state index contributed by atoms with van der Waals surface area (Å²) in [4.78, 5) is 19.8. The Balaban J connectivity index is 1.93. The van der Waals surface area contributed by atoms with Gasteiger partial charge < -0.3 is 14.2 Å². The van der Waals surface area contributed by atoms with Crippen LogP contribution in [0, 0.1) is 12.3 Å². The molecule has 1 saturated heterocycles. The second-order valence-electron chi connectivity index (χ2n) is 6.51. The molecule has 0 N–H and O–H groups in total. The van der Waals surface area contributed by atoms with E-state index in [1.165, 1.54) is 11.8 Å². The topological polar surface area (TPSA) is 60.4 Å². The Morgan fingerprint density at radius 1 is 1.22 bits per heavy atom. The summed E-state index contributed by atoms with van der Waals surface area (Å²) in [6.45, 7) is 4.78. The van der Waals surface area contributed by atoms with Gasteiger partial charge in [0, 0.05) is 6.54 Å². The van der Waals surface area contributed by atoms with Gasteiger partial charge in [0.15, 0.2) is 16.7 Å². The second-order valence-corrected chi connectivity index (χ2v) is 7.92. The van der Waals surface area contributed by atoms with Crippen LogP contribution in [-0.2, 0) is 4.79 Å². The highest BCUT2D eigenvalue weighted by Gasteiger charge is 2.32. The summed E-state index contributed by atoms with van der Waals surface area (Å²) in [5, 5.41) is 0.965. The van der Waals surface area contributed by atoms with E-state index in [2.05, 4.69) is 10.9 Å². The first-order valence-electron chi connectivity index (χ1n) is 9.97. The van der Waals surface area contributed by atoms with Crippen molar-refractivity contribution in [3.8, 4) is 29.6 Å². The molecule has 0 saturated carbocycles. The van der Waals surface area contributed by atoms with Crippen LogP contribution in [0.1, 0.15) is 19.4 Å². The van der Waals surface area contributed by atoms with Crippen molar-refractivity contribution in [2.75, 3.05) is 26.9 Å². The van der Waals surface area contributed by atoms with Gasteiger partial charge in [0.2, 0.25) is 0 Å². The second kappa shape index (κ2) is 11.0. The molecule has 1 amide bonds. The highest BCUT2D eigenvalue weighted by atomic mass is 35.5. The van der Waals surface area contributed by atoms with Crippen molar-refractivity contribution in [2.45, 2.75) is 13.8 Å². The first kappa shape index (κ1) is 23.6. The number of carbonyl (C=O) groups is 1. The van der Waals surface area contributed by atoms with E-state index in [1.807, 2.05) is 38.1 Å². The quantitative estimate of drug-likeness (QED) is 0.382. The monoisotopic (exact) mass is 470 g/mol. The minimum atomic E-state index is -0.119. The van der Waals surface area contributed by atoms with Crippen LogP contribution in [0.2, 0.25) is 5.02 Å². The van der Waals surface area contributed by atoms with Gasteiger partial charge in [-0.2, -0.15) is 0 Å². The van der Waals surface area contributed by atoms with Gasteiger partial charge in [-0.05, 0) is 73.6 Å². The molecular weight excluding hydrogens is 448 g/mol. The minimum Gasteiger partial charge on any atom is -0.497 e. The lowest BCUT2D eigenvalue weighted by molar-refractivity contribution is -0.122. The van der Waals surface area contributed by atoms with E-state index in [0.717, 1.165) is 11.4 Å². The number of amidine groups is 1. The number of aliphatic imine (C=N–C) groups is 1. The van der Waals surface area contributed by atoms with Crippen LogP contribution in [0.4, 0.5) is 5.69 Å². The van der Waals surface area contributed by atoms with E-state index < -0.39 is 0 Å². The van der Waals surface area contributed by atoms with Crippen molar-refractivity contribution in [2.24, 2.45) is 4.99 Å². The van der Waals surface area contributed by atoms with Crippen molar-refractivity contribution in [3.63, 3.8) is 0 Å². The molecule has 0 spiro atoms. The number of hydrogen-bond donors (Lipinski definition) is 0. The minimum absolute atomic E-state index is 0.0746. The number of likely N-dealkylation sites (N-methyl/N-ethyl adjacent to an activating group) is 1. The number of terminal acetylenes is 1. The van der Waals surface area contributed by atoms with E-state index in [0.29, 0.717) is 45.3 Å². The summed E-state index contributed by atoms with van der Waals surface area (Å²) >= 11 is 7.71. The van der Waals surface area contributed by atoms with E-state index in [4.69, 9.17) is 32.2 Å². The van der Waals surface area contributed by atoms with E-state index in [1.54, 1.807) is 30.2 Å². The Morgan fingerprint density at radius 3 is 2.59 bits per heavy atom. The lowest BCUT2D eigenvalue weighted by Crippen LogP contribution is -2.28. The number of hydrogen-bond acceptors (Lipinski definition) is 6. The van der Waals surface area contributed by atoms with Crippen LogP contribution in [0.3, 0.4) is 0 Å². The summed E-state index contributed by atoms with van der Waals surface area (Å²) in [5.74, 6) is 3.89. The Kier molecular flexibility index (Phi) is 8.09. The molecule has 0 atom stereocenters. The van der Waals surface area contributed by atoms with Crippen LogP contribution in [0.25, 0.3) is 6.08 Å². The standard InChI is InChI=1S/C24H23ClN2O4S/c1-5-12-31-22-19(25)13-16(14-20(22)30-7-3)15-21-23(28)27(6-2)24(32-21)26-17-8-10-18(29-4)11-9-17/h1,8-11,13-15H,6-7,12H2,2-4H3/b21-15+,26-24?. The Morgan fingerprint density at radius 2 is 1.97 bits per heavy atom. The smallest absolute Gasteiger partial charge is 0.266 e. The maximum Gasteiger partial charge on any atom is 0.266 e. The molecule has 6 nitrogen and oxygen atoms in total. The Labute approximate surface area is 197 Å². The Hall–Kier alpha value is -3.08. The van der Waals surface area contributed by atoms with Crippen molar-refractivity contribution >= 4 is 46.2 Å². The van der Waals surface area contributed by atoms with Gasteiger partial charge in [0.05, 0.1) is 29.3 Å². The lowest BCUT2D eigenvalue weighted by atomic mass is 10.1. The van der Waals surface area contributed by atoms with Gasteiger partial charge in [0.25, 0.3) is 5.91 Å². The highest BCUT2D eigenvalue weighted by Crippen LogP contribution is 2.39. The highest BCUT2D eigenvalue weighted by molar-refractivity contribution is 8.18. The third-order valence-electron chi connectivity index (χ3n) is 4.43. The SMILES string of the molecule is C#CCOc1c(Cl)cc(/C=C2/SC(=Nc3ccc(OC)cc3)N(CC)C2=O)cc1OCC. The predicted molar refractivity (Wildman–Crippen MR) is 130 cm³/mol. The molecule has 0 bridgehead atoms. The maximum atomic E-state index is 13.0. The average molecular weight is 471 g/mol. The fourth-order valence-corrected chi connectivity index (χ4v) is 4.31. The van der Waals surface area contributed by atoms with Crippen LogP contribution >= 0.6 is 23.4 Å². The lowest BCUT2D eigenvalue weighted by Gasteiger charge is -2.13. The molecule has 3 rings (SSSR count). The number of thioether (sulfide) groups is 1. The van der Waals surface area contributed by atoms with Gasteiger partial charge >= 0.3 is 0 Å². The van der Waals surface area contributed by atoms with Gasteiger partial charge in [-0.1, -0.05) is 17.5 Å². The summed E-state index contributed by atoms with van der Waals surface area (Å²) < 4.78 is 16.4. The number of methoxy groups -OCH3 is 1. The third kappa shape index (κ3) is 5.39. The zero-order valence-corrected chi connectivity index (χ0v) is 19.6. The van der Waals surface area contributed by atoms with Gasteiger partial charge in [0.1, 0.15) is 12.4 Å². The van der Waals surface area contributed by atoms with Gasteiger partial charge in [-0.3, -0.25) is 9.69 Å². The molecule has 0 aromatic heterocycles. The number of rotatable bonds is 8. The molecule has 1 aliphatic rings. The largest absolute Gasteiger partial charge is 0.497 e. The van der Waals surface area contributed by atoms with Crippen LogP contribution in [-0.4, -0.2) is 42.8 Å². The normalized spacial score (nSPS) is 15.8. The number of amides is 1. The molecule has 32 heavy (non-hydrogen) atoms.